The molecule has 0 atom stereocenters. The van der Waals surface area contributed by atoms with E-state index in [1.165, 1.54) is 0 Å². The minimum atomic E-state index is -0.117. The number of amides is 2. The summed E-state index contributed by atoms with van der Waals surface area (Å²) in [5.74, 6) is -0.201. The summed E-state index contributed by atoms with van der Waals surface area (Å²) in [6.07, 6.45) is 0. The Morgan fingerprint density at radius 1 is 1.15 bits per heavy atom. The molecule has 2 amide bonds. The second-order valence-electron chi connectivity index (χ2n) is 4.10. The molecule has 0 aliphatic rings. The van der Waals surface area contributed by atoms with Gasteiger partial charge in [-0.1, -0.05) is 12.1 Å². The molecule has 0 aliphatic heterocycles. The Balaban J connectivity index is 1.94. The second kappa shape index (κ2) is 6.85. The lowest BCUT2D eigenvalue weighted by Crippen LogP contribution is -2.22. The molecule has 6 heteroatoms. The molecule has 0 saturated carbocycles. The van der Waals surface area contributed by atoms with Crippen molar-refractivity contribution in [2.45, 2.75) is 6.54 Å². The molecule has 0 unspecified atom stereocenters. The smallest absolute Gasteiger partial charge is 0.252 e. The van der Waals surface area contributed by atoms with Gasteiger partial charge in [0, 0.05) is 24.5 Å². The summed E-state index contributed by atoms with van der Waals surface area (Å²) in [5.41, 5.74) is 2.24. The van der Waals surface area contributed by atoms with E-state index in [-0.39, 0.29) is 11.8 Å². The van der Waals surface area contributed by atoms with Crippen molar-refractivity contribution in [3.05, 3.63) is 55.3 Å². The molecule has 2 N–H and O–H groups in total. The molecule has 0 aliphatic carbocycles. The summed E-state index contributed by atoms with van der Waals surface area (Å²) in [6, 6.07) is 9.02. The van der Waals surface area contributed by atoms with E-state index in [1.54, 1.807) is 30.5 Å². The van der Waals surface area contributed by atoms with Crippen LogP contribution in [-0.4, -0.2) is 18.9 Å². The van der Waals surface area contributed by atoms with Crippen LogP contribution in [0.15, 0.2) is 35.7 Å². The van der Waals surface area contributed by atoms with E-state index < -0.39 is 0 Å². The molecule has 104 valence electrons. The van der Waals surface area contributed by atoms with Crippen molar-refractivity contribution in [2.24, 2.45) is 0 Å². The van der Waals surface area contributed by atoms with E-state index in [0.717, 1.165) is 8.45 Å². The third-order valence-electron chi connectivity index (χ3n) is 2.73. The zero-order chi connectivity index (χ0) is 14.5. The molecule has 0 bridgehead atoms. The molecule has 4 nitrogen and oxygen atoms in total. The first-order valence-electron chi connectivity index (χ1n) is 5.93. The van der Waals surface area contributed by atoms with Crippen molar-refractivity contribution in [1.29, 1.82) is 0 Å². The topological polar surface area (TPSA) is 58.2 Å². The molecule has 0 radical (unpaired) electrons. The van der Waals surface area contributed by atoms with Crippen LogP contribution in [-0.2, 0) is 6.54 Å². The highest BCUT2D eigenvalue weighted by molar-refractivity contribution is 14.1. The van der Waals surface area contributed by atoms with Gasteiger partial charge in [0.25, 0.3) is 11.8 Å². The van der Waals surface area contributed by atoms with Crippen LogP contribution in [0.3, 0.4) is 0 Å². The molecule has 0 fully saturated rings. The first-order valence-corrected chi connectivity index (χ1v) is 7.89. The highest BCUT2D eigenvalue weighted by Crippen LogP contribution is 2.16. The van der Waals surface area contributed by atoms with E-state index in [9.17, 15) is 9.59 Å². The maximum atomic E-state index is 11.9. The zero-order valence-electron chi connectivity index (χ0n) is 10.8. The Kier molecular flexibility index (Phi) is 5.13. The third kappa shape index (κ3) is 3.80. The largest absolute Gasteiger partial charge is 0.355 e. The second-order valence-corrected chi connectivity index (χ2v) is 6.90. The molecule has 1 heterocycles. The van der Waals surface area contributed by atoms with Gasteiger partial charge in [-0.25, -0.2) is 0 Å². The monoisotopic (exact) mass is 400 g/mol. The van der Waals surface area contributed by atoms with Crippen LogP contribution in [0.4, 0.5) is 0 Å². The van der Waals surface area contributed by atoms with Crippen molar-refractivity contribution < 1.29 is 9.59 Å². The average molecular weight is 400 g/mol. The van der Waals surface area contributed by atoms with Crippen molar-refractivity contribution in [1.82, 2.24) is 10.6 Å². The minimum Gasteiger partial charge on any atom is -0.355 e. The summed E-state index contributed by atoms with van der Waals surface area (Å²) in [5, 5.41) is 7.26. The van der Waals surface area contributed by atoms with Crippen LogP contribution in [0.25, 0.3) is 0 Å². The summed E-state index contributed by atoms with van der Waals surface area (Å²) in [4.78, 5) is 23.3. The maximum absolute atomic E-state index is 11.9. The van der Waals surface area contributed by atoms with Gasteiger partial charge in [-0.3, -0.25) is 9.59 Å². The highest BCUT2D eigenvalue weighted by atomic mass is 127. The molecule has 1 aromatic carbocycles. The van der Waals surface area contributed by atoms with Crippen molar-refractivity contribution in [3.8, 4) is 0 Å². The molecular formula is C14H13IN2O2S. The summed E-state index contributed by atoms with van der Waals surface area (Å²) in [6.45, 7) is 0.444. The third-order valence-corrected chi connectivity index (χ3v) is 4.51. The fraction of sp³-hybridized carbons (Fsp3) is 0.143. The lowest BCUT2D eigenvalue weighted by molar-refractivity contribution is 0.0946. The summed E-state index contributed by atoms with van der Waals surface area (Å²) in [7, 11) is 1.60. The molecule has 0 spiro atoms. The molecular weight excluding hydrogens is 387 g/mol. The van der Waals surface area contributed by atoms with Crippen molar-refractivity contribution in [2.75, 3.05) is 7.05 Å². The SMILES string of the molecule is CNC(=O)c1ccc(CNC(=O)c2csc(I)c2)cc1. The number of rotatable bonds is 4. The van der Waals surface area contributed by atoms with Crippen LogP contribution >= 0.6 is 33.9 Å². The first kappa shape index (κ1) is 15.0. The van der Waals surface area contributed by atoms with E-state index >= 15 is 0 Å². The number of carbonyl (C=O) groups excluding carboxylic acids is 2. The van der Waals surface area contributed by atoms with Crippen LogP contribution in [0, 0.1) is 2.88 Å². The molecule has 1 aromatic heterocycles. The lowest BCUT2D eigenvalue weighted by atomic mass is 10.1. The van der Waals surface area contributed by atoms with E-state index in [4.69, 9.17) is 0 Å². The number of halogens is 1. The first-order chi connectivity index (χ1) is 9.60. The van der Waals surface area contributed by atoms with Crippen LogP contribution in [0.2, 0.25) is 0 Å². The van der Waals surface area contributed by atoms with Gasteiger partial charge >= 0.3 is 0 Å². The Bertz CT molecular complexity index is 622. The Morgan fingerprint density at radius 2 is 1.85 bits per heavy atom. The van der Waals surface area contributed by atoms with E-state index in [0.29, 0.717) is 17.7 Å². The maximum Gasteiger partial charge on any atom is 0.252 e. The molecule has 2 aromatic rings. The quantitative estimate of drug-likeness (QED) is 0.776. The lowest BCUT2D eigenvalue weighted by Gasteiger charge is -2.05. The van der Waals surface area contributed by atoms with Crippen molar-refractivity contribution >= 4 is 45.7 Å². The van der Waals surface area contributed by atoms with Gasteiger partial charge < -0.3 is 10.6 Å². The molecule has 20 heavy (non-hydrogen) atoms. The zero-order valence-corrected chi connectivity index (χ0v) is 13.7. The number of nitrogens with one attached hydrogen (secondary N) is 2. The Hall–Kier alpha value is -1.41. The minimum absolute atomic E-state index is 0.0838. The van der Waals surface area contributed by atoms with Crippen LogP contribution < -0.4 is 10.6 Å². The number of carbonyl (C=O) groups is 2. The number of hydrogen-bond donors (Lipinski definition) is 2. The molecule has 0 saturated heterocycles. The van der Waals surface area contributed by atoms with Gasteiger partial charge in [-0.15, -0.1) is 11.3 Å². The fourth-order valence-electron chi connectivity index (χ4n) is 1.63. The Labute approximate surface area is 134 Å². The van der Waals surface area contributed by atoms with Crippen LogP contribution in [0.1, 0.15) is 26.3 Å². The van der Waals surface area contributed by atoms with Gasteiger partial charge in [0.1, 0.15) is 0 Å². The summed E-state index contributed by atoms with van der Waals surface area (Å²) >= 11 is 3.73. The number of hydrogen-bond acceptors (Lipinski definition) is 3. The number of benzene rings is 1. The standard InChI is InChI=1S/C14H13IN2O2S/c1-16-13(18)10-4-2-9(3-5-10)7-17-14(19)11-6-12(15)20-8-11/h2-6,8H,7H2,1H3,(H,16,18)(H,17,19). The fourth-order valence-corrected chi connectivity index (χ4v) is 2.96. The Morgan fingerprint density at radius 3 is 2.40 bits per heavy atom. The van der Waals surface area contributed by atoms with Gasteiger partial charge in [-0.2, -0.15) is 0 Å². The highest BCUT2D eigenvalue weighted by Gasteiger charge is 2.08. The van der Waals surface area contributed by atoms with E-state index in [2.05, 4.69) is 33.2 Å². The van der Waals surface area contributed by atoms with E-state index in [1.807, 2.05) is 23.6 Å². The average Bonchev–Trinajstić information content (AvgIpc) is 2.91. The predicted octanol–water partition coefficient (Wildman–Crippen LogP) is 2.64. The van der Waals surface area contributed by atoms with Gasteiger partial charge in [0.05, 0.1) is 8.45 Å². The predicted molar refractivity (Wildman–Crippen MR) is 88.0 cm³/mol. The number of thiophene rings is 1. The van der Waals surface area contributed by atoms with Crippen molar-refractivity contribution in [3.63, 3.8) is 0 Å². The molecule has 2 rings (SSSR count). The van der Waals surface area contributed by atoms with Gasteiger partial charge in [0.2, 0.25) is 0 Å². The van der Waals surface area contributed by atoms with Crippen LogP contribution in [0.5, 0.6) is 0 Å². The van der Waals surface area contributed by atoms with Gasteiger partial charge in [0.15, 0.2) is 0 Å². The summed E-state index contributed by atoms with van der Waals surface area (Å²) < 4.78 is 1.09. The normalized spacial score (nSPS) is 10.1. The van der Waals surface area contributed by atoms with Gasteiger partial charge in [-0.05, 0) is 46.4 Å².